The number of benzene rings is 1. The summed E-state index contributed by atoms with van der Waals surface area (Å²) in [7, 11) is 4.06. The molecule has 1 aliphatic heterocycles. The lowest BCUT2D eigenvalue weighted by Crippen LogP contribution is -2.19. The van der Waals surface area contributed by atoms with Crippen LogP contribution >= 0.6 is 0 Å². The van der Waals surface area contributed by atoms with Gasteiger partial charge < -0.3 is 25.0 Å². The molecular weight excluding hydrogens is 330 g/mol. The van der Waals surface area contributed by atoms with Gasteiger partial charge in [-0.2, -0.15) is 0 Å². The van der Waals surface area contributed by atoms with Crippen LogP contribution in [0.15, 0.2) is 36.7 Å². The van der Waals surface area contributed by atoms with E-state index in [9.17, 15) is 0 Å². The van der Waals surface area contributed by atoms with Crippen LogP contribution in [0.5, 0.6) is 5.75 Å². The van der Waals surface area contributed by atoms with E-state index in [1.807, 2.05) is 44.4 Å². The second kappa shape index (κ2) is 9.35. The Morgan fingerprint density at radius 1 is 1.19 bits per heavy atom. The molecule has 2 aromatic rings. The van der Waals surface area contributed by atoms with Gasteiger partial charge in [0.25, 0.3) is 0 Å². The molecule has 26 heavy (non-hydrogen) atoms. The number of nitrogens with zero attached hydrogens (tertiary/aromatic N) is 3. The fourth-order valence-electron chi connectivity index (χ4n) is 2.67. The van der Waals surface area contributed by atoms with Gasteiger partial charge in [-0.25, -0.2) is 9.97 Å². The Morgan fingerprint density at radius 2 is 2.00 bits per heavy atom. The molecule has 1 aliphatic rings. The molecular formula is C19H27N5O2. The van der Waals surface area contributed by atoms with Gasteiger partial charge in [-0.15, -0.1) is 0 Å². The molecule has 1 aromatic carbocycles. The second-order valence-corrected chi connectivity index (χ2v) is 6.61. The van der Waals surface area contributed by atoms with Gasteiger partial charge in [0.15, 0.2) is 0 Å². The van der Waals surface area contributed by atoms with Crippen LogP contribution in [-0.2, 0) is 4.74 Å². The molecule has 0 saturated carbocycles. The van der Waals surface area contributed by atoms with Crippen molar-refractivity contribution in [2.75, 3.05) is 51.0 Å². The number of nitrogens with one attached hydrogen (secondary N) is 2. The highest BCUT2D eigenvalue weighted by Gasteiger charge is 2.15. The first-order chi connectivity index (χ1) is 12.7. The Bertz CT molecular complexity index is 672. The van der Waals surface area contributed by atoms with Crippen molar-refractivity contribution in [3.8, 4) is 5.75 Å². The third-order valence-electron chi connectivity index (χ3n) is 4.14. The van der Waals surface area contributed by atoms with E-state index >= 15 is 0 Å². The number of hydrogen-bond acceptors (Lipinski definition) is 7. The van der Waals surface area contributed by atoms with Gasteiger partial charge in [0, 0.05) is 31.5 Å². The normalized spacial score (nSPS) is 16.7. The minimum absolute atomic E-state index is 0.279. The molecule has 2 heterocycles. The number of likely N-dealkylation sites (N-methyl/N-ethyl adjacent to an activating group) is 1. The number of anilines is 3. The van der Waals surface area contributed by atoms with Gasteiger partial charge in [-0.1, -0.05) is 0 Å². The molecule has 2 N–H and O–H groups in total. The van der Waals surface area contributed by atoms with Crippen LogP contribution in [0.2, 0.25) is 0 Å². The van der Waals surface area contributed by atoms with Gasteiger partial charge in [0.05, 0.1) is 6.10 Å². The number of hydrogen-bond donors (Lipinski definition) is 2. The van der Waals surface area contributed by atoms with E-state index in [2.05, 4.69) is 25.5 Å². The van der Waals surface area contributed by atoms with Crippen LogP contribution in [0, 0.1) is 0 Å². The van der Waals surface area contributed by atoms with E-state index < -0.39 is 0 Å². The minimum atomic E-state index is 0.279. The molecule has 1 fully saturated rings. The number of rotatable bonds is 9. The summed E-state index contributed by atoms with van der Waals surface area (Å²) in [6.45, 7) is 3.20. The Kier molecular flexibility index (Phi) is 6.62. The smallest absolute Gasteiger partial charge is 0.135 e. The van der Waals surface area contributed by atoms with Gasteiger partial charge in [0.2, 0.25) is 0 Å². The SMILES string of the molecule is CN(C)CCOc1ccc(Nc2cc(NCC3CCCO3)ncn2)cc1. The maximum absolute atomic E-state index is 5.70. The van der Waals surface area contributed by atoms with Crippen molar-refractivity contribution in [1.82, 2.24) is 14.9 Å². The van der Waals surface area contributed by atoms with E-state index in [-0.39, 0.29) is 6.10 Å². The molecule has 7 heteroatoms. The zero-order chi connectivity index (χ0) is 18.2. The lowest BCUT2D eigenvalue weighted by Gasteiger charge is -2.13. The fraction of sp³-hybridized carbons (Fsp3) is 0.474. The van der Waals surface area contributed by atoms with Crippen LogP contribution < -0.4 is 15.4 Å². The van der Waals surface area contributed by atoms with Gasteiger partial charge in [-0.3, -0.25) is 0 Å². The quantitative estimate of drug-likeness (QED) is 0.715. The third-order valence-corrected chi connectivity index (χ3v) is 4.14. The average molecular weight is 357 g/mol. The minimum Gasteiger partial charge on any atom is -0.492 e. The lowest BCUT2D eigenvalue weighted by molar-refractivity contribution is 0.120. The topological polar surface area (TPSA) is 71.5 Å². The van der Waals surface area contributed by atoms with E-state index in [1.165, 1.54) is 0 Å². The summed E-state index contributed by atoms with van der Waals surface area (Å²) in [5, 5.41) is 6.60. The average Bonchev–Trinajstić information content (AvgIpc) is 3.15. The first-order valence-electron chi connectivity index (χ1n) is 9.01. The highest BCUT2D eigenvalue weighted by atomic mass is 16.5. The Morgan fingerprint density at radius 3 is 2.73 bits per heavy atom. The molecule has 0 aliphatic carbocycles. The van der Waals surface area contributed by atoms with E-state index in [0.29, 0.717) is 6.61 Å². The summed E-state index contributed by atoms with van der Waals surface area (Å²) in [6.07, 6.45) is 4.07. The van der Waals surface area contributed by atoms with Gasteiger partial charge in [-0.05, 0) is 51.2 Å². The molecule has 0 amide bonds. The standard InChI is InChI=1S/C19H27N5O2/c1-24(2)9-11-26-16-7-5-15(6-8-16)23-19-12-18(21-14-22-19)20-13-17-4-3-10-25-17/h5-8,12,14,17H,3-4,9-11,13H2,1-2H3,(H2,20,21,22,23). The molecule has 0 bridgehead atoms. The number of ether oxygens (including phenoxy) is 2. The molecule has 1 saturated heterocycles. The molecule has 140 valence electrons. The van der Waals surface area contributed by atoms with Crippen molar-refractivity contribution in [2.45, 2.75) is 18.9 Å². The van der Waals surface area contributed by atoms with Gasteiger partial charge in [0.1, 0.15) is 30.3 Å². The first kappa shape index (κ1) is 18.4. The number of aromatic nitrogens is 2. The molecule has 0 spiro atoms. The van der Waals surface area contributed by atoms with Crippen molar-refractivity contribution >= 4 is 17.3 Å². The molecule has 0 radical (unpaired) electrons. The first-order valence-corrected chi connectivity index (χ1v) is 9.01. The largest absolute Gasteiger partial charge is 0.492 e. The monoisotopic (exact) mass is 357 g/mol. The van der Waals surface area contributed by atoms with Crippen LogP contribution in [0.4, 0.5) is 17.3 Å². The summed E-state index contributed by atoms with van der Waals surface area (Å²) in [4.78, 5) is 10.6. The maximum Gasteiger partial charge on any atom is 0.135 e. The Balaban J connectivity index is 1.50. The zero-order valence-electron chi connectivity index (χ0n) is 15.4. The zero-order valence-corrected chi connectivity index (χ0v) is 15.4. The fourth-order valence-corrected chi connectivity index (χ4v) is 2.67. The van der Waals surface area contributed by atoms with E-state index in [1.54, 1.807) is 6.33 Å². The van der Waals surface area contributed by atoms with Crippen molar-refractivity contribution in [2.24, 2.45) is 0 Å². The molecule has 3 rings (SSSR count). The summed E-state index contributed by atoms with van der Waals surface area (Å²) in [5.41, 5.74) is 0.953. The third kappa shape index (κ3) is 5.86. The molecule has 1 unspecified atom stereocenters. The van der Waals surface area contributed by atoms with Crippen LogP contribution in [0.25, 0.3) is 0 Å². The lowest BCUT2D eigenvalue weighted by atomic mass is 10.2. The van der Waals surface area contributed by atoms with Crippen molar-refractivity contribution in [1.29, 1.82) is 0 Å². The Hall–Kier alpha value is -2.38. The molecule has 1 atom stereocenters. The van der Waals surface area contributed by atoms with Crippen LogP contribution in [-0.4, -0.2) is 61.4 Å². The molecule has 7 nitrogen and oxygen atoms in total. The highest BCUT2D eigenvalue weighted by molar-refractivity contribution is 5.59. The second-order valence-electron chi connectivity index (χ2n) is 6.61. The Labute approximate surface area is 154 Å². The van der Waals surface area contributed by atoms with Crippen molar-refractivity contribution in [3.05, 3.63) is 36.7 Å². The predicted molar refractivity (Wildman–Crippen MR) is 103 cm³/mol. The maximum atomic E-state index is 5.70. The summed E-state index contributed by atoms with van der Waals surface area (Å²) < 4.78 is 11.3. The van der Waals surface area contributed by atoms with Crippen LogP contribution in [0.1, 0.15) is 12.8 Å². The summed E-state index contributed by atoms with van der Waals surface area (Å²) >= 11 is 0. The van der Waals surface area contributed by atoms with E-state index in [0.717, 1.165) is 55.6 Å². The van der Waals surface area contributed by atoms with Crippen LogP contribution in [0.3, 0.4) is 0 Å². The summed E-state index contributed by atoms with van der Waals surface area (Å²) in [6, 6.07) is 9.77. The van der Waals surface area contributed by atoms with Crippen molar-refractivity contribution in [3.63, 3.8) is 0 Å². The highest BCUT2D eigenvalue weighted by Crippen LogP contribution is 2.20. The molecule has 1 aromatic heterocycles. The predicted octanol–water partition coefficient (Wildman–Crippen LogP) is 2.75. The summed E-state index contributed by atoms with van der Waals surface area (Å²) in [5.74, 6) is 2.40. The van der Waals surface area contributed by atoms with Gasteiger partial charge >= 0.3 is 0 Å². The van der Waals surface area contributed by atoms with E-state index in [4.69, 9.17) is 9.47 Å². The van der Waals surface area contributed by atoms with Crippen molar-refractivity contribution < 1.29 is 9.47 Å².